The number of benzene rings is 2. The Morgan fingerprint density at radius 3 is 2.57 bits per heavy atom. The molecule has 202 valence electrons. The number of aliphatic imine (C=N–C) groups is 1. The van der Waals surface area contributed by atoms with E-state index in [9.17, 15) is 23.1 Å². The first-order chi connectivity index (χ1) is 17.6. The Morgan fingerprint density at radius 1 is 1.14 bits per heavy atom. The molecule has 1 aliphatic rings. The first-order valence-electron chi connectivity index (χ1n) is 12.4. The Balaban J connectivity index is 1.68. The highest BCUT2D eigenvalue weighted by molar-refractivity contribution is 7.89. The van der Waals surface area contributed by atoms with E-state index in [0.29, 0.717) is 32.4 Å². The molecule has 1 saturated heterocycles. The molecule has 1 fully saturated rings. The van der Waals surface area contributed by atoms with E-state index in [0.717, 1.165) is 17.2 Å². The fourth-order valence-corrected chi connectivity index (χ4v) is 5.61. The average molecular weight is 533 g/mol. The van der Waals surface area contributed by atoms with Gasteiger partial charge in [0, 0.05) is 19.6 Å². The molecule has 0 aliphatic carbocycles. The van der Waals surface area contributed by atoms with Gasteiger partial charge in [0.25, 0.3) is 0 Å². The number of sulfonamides is 1. The summed E-state index contributed by atoms with van der Waals surface area (Å²) in [7, 11) is -4.11. The number of aliphatic hydroxyl groups is 1. The quantitative estimate of drug-likeness (QED) is 0.156. The molecule has 12 heteroatoms. The molecular formula is C25H36N6O5S. The lowest BCUT2D eigenvalue weighted by Crippen LogP contribution is -2.59. The first kappa shape index (κ1) is 28.4. The zero-order valence-electron chi connectivity index (χ0n) is 21.0. The number of nitrogens with one attached hydrogen (secondary N) is 2. The number of hydrogen-bond donors (Lipinski definition) is 5. The number of carbonyl (C=O) groups is 2. The predicted molar refractivity (Wildman–Crippen MR) is 142 cm³/mol. The SMILES string of the molecule is C[C@@H]1CC[C@@H](C(=O)NCCCCN=C(N)N)N(C(=O)[C@H](CO)NS(=O)(=O)c2ccc3ccccc3c2)C1. The minimum absolute atomic E-state index is 0.0144. The number of guanidine groups is 1. The topological polar surface area (TPSA) is 180 Å². The van der Waals surface area contributed by atoms with Crippen LogP contribution >= 0.6 is 0 Å². The zero-order chi connectivity index (χ0) is 27.0. The molecule has 1 heterocycles. The number of piperidine rings is 1. The van der Waals surface area contributed by atoms with Crippen molar-refractivity contribution in [1.29, 1.82) is 0 Å². The zero-order valence-corrected chi connectivity index (χ0v) is 21.8. The second-order valence-corrected chi connectivity index (χ2v) is 11.1. The van der Waals surface area contributed by atoms with Gasteiger partial charge in [0.15, 0.2) is 5.96 Å². The van der Waals surface area contributed by atoms with Crippen molar-refractivity contribution in [3.63, 3.8) is 0 Å². The van der Waals surface area contributed by atoms with Gasteiger partial charge in [0.1, 0.15) is 12.1 Å². The summed E-state index contributed by atoms with van der Waals surface area (Å²) in [5.41, 5.74) is 10.6. The molecular weight excluding hydrogens is 496 g/mol. The monoisotopic (exact) mass is 532 g/mol. The second-order valence-electron chi connectivity index (χ2n) is 9.36. The number of hydrogen-bond acceptors (Lipinski definition) is 6. The second kappa shape index (κ2) is 12.8. The summed E-state index contributed by atoms with van der Waals surface area (Å²) >= 11 is 0. The molecule has 1 aliphatic heterocycles. The molecule has 0 spiro atoms. The van der Waals surface area contributed by atoms with Crippen LogP contribution in [-0.2, 0) is 19.6 Å². The summed E-state index contributed by atoms with van der Waals surface area (Å²) in [4.78, 5) is 31.6. The maximum absolute atomic E-state index is 13.4. The van der Waals surface area contributed by atoms with E-state index in [2.05, 4.69) is 15.0 Å². The smallest absolute Gasteiger partial charge is 0.243 e. The lowest BCUT2D eigenvalue weighted by Gasteiger charge is -2.39. The van der Waals surface area contributed by atoms with Crippen LogP contribution in [0.1, 0.15) is 32.6 Å². The molecule has 0 bridgehead atoms. The minimum Gasteiger partial charge on any atom is -0.394 e. The van der Waals surface area contributed by atoms with Crippen LogP contribution in [0.2, 0.25) is 0 Å². The molecule has 37 heavy (non-hydrogen) atoms. The number of rotatable bonds is 11. The van der Waals surface area contributed by atoms with Gasteiger partial charge in [-0.25, -0.2) is 8.42 Å². The van der Waals surface area contributed by atoms with Gasteiger partial charge in [-0.3, -0.25) is 14.6 Å². The lowest BCUT2D eigenvalue weighted by molar-refractivity contribution is -0.145. The van der Waals surface area contributed by atoms with E-state index >= 15 is 0 Å². The van der Waals surface area contributed by atoms with Crippen LogP contribution in [-0.4, -0.2) is 74.5 Å². The Morgan fingerprint density at radius 2 is 1.86 bits per heavy atom. The normalized spacial score (nSPS) is 18.8. The molecule has 7 N–H and O–H groups in total. The highest BCUT2D eigenvalue weighted by Crippen LogP contribution is 2.24. The van der Waals surface area contributed by atoms with E-state index in [1.807, 2.05) is 19.1 Å². The summed E-state index contributed by atoms with van der Waals surface area (Å²) in [6, 6.07) is 9.81. The van der Waals surface area contributed by atoms with Crippen molar-refractivity contribution in [2.45, 2.75) is 49.6 Å². The third-order valence-corrected chi connectivity index (χ3v) is 7.86. The molecule has 0 saturated carbocycles. The average Bonchev–Trinajstić information content (AvgIpc) is 2.88. The molecule has 3 atom stereocenters. The summed E-state index contributed by atoms with van der Waals surface area (Å²) in [6.07, 6.45) is 2.54. The van der Waals surface area contributed by atoms with E-state index in [4.69, 9.17) is 11.5 Å². The van der Waals surface area contributed by atoms with E-state index in [-0.39, 0.29) is 29.2 Å². The lowest BCUT2D eigenvalue weighted by atomic mass is 9.93. The number of likely N-dealkylation sites (tertiary alicyclic amines) is 1. The van der Waals surface area contributed by atoms with Crippen molar-refractivity contribution in [1.82, 2.24) is 14.9 Å². The molecule has 0 radical (unpaired) electrons. The van der Waals surface area contributed by atoms with Crippen LogP contribution in [0.4, 0.5) is 0 Å². The summed E-state index contributed by atoms with van der Waals surface area (Å²) in [5.74, 6) is -0.796. The highest BCUT2D eigenvalue weighted by atomic mass is 32.2. The molecule has 2 aromatic carbocycles. The Kier molecular flexibility index (Phi) is 9.84. The van der Waals surface area contributed by atoms with Crippen LogP contribution in [0.15, 0.2) is 52.4 Å². The third-order valence-electron chi connectivity index (χ3n) is 6.39. The maximum Gasteiger partial charge on any atom is 0.243 e. The van der Waals surface area contributed by atoms with Crippen LogP contribution in [0, 0.1) is 5.92 Å². The van der Waals surface area contributed by atoms with Gasteiger partial charge >= 0.3 is 0 Å². The van der Waals surface area contributed by atoms with Crippen molar-refractivity contribution >= 4 is 38.6 Å². The van der Waals surface area contributed by atoms with Gasteiger partial charge in [0.2, 0.25) is 21.8 Å². The van der Waals surface area contributed by atoms with Crippen LogP contribution < -0.4 is 21.5 Å². The number of amides is 2. The van der Waals surface area contributed by atoms with Crippen LogP contribution in [0.25, 0.3) is 10.8 Å². The minimum atomic E-state index is -4.11. The number of nitrogens with two attached hydrogens (primary N) is 2. The van der Waals surface area contributed by atoms with E-state index in [1.165, 1.54) is 17.0 Å². The Bertz CT molecular complexity index is 1230. The molecule has 2 aromatic rings. The van der Waals surface area contributed by atoms with Gasteiger partial charge in [-0.2, -0.15) is 4.72 Å². The van der Waals surface area contributed by atoms with Gasteiger partial charge in [-0.05, 0) is 54.5 Å². The van der Waals surface area contributed by atoms with Gasteiger partial charge in [-0.1, -0.05) is 37.3 Å². The van der Waals surface area contributed by atoms with Crippen molar-refractivity contribution < 1.29 is 23.1 Å². The fourth-order valence-electron chi connectivity index (χ4n) is 4.40. The largest absolute Gasteiger partial charge is 0.394 e. The summed E-state index contributed by atoms with van der Waals surface area (Å²) in [5, 5.41) is 14.4. The Labute approximate surface area is 217 Å². The van der Waals surface area contributed by atoms with Crippen molar-refractivity contribution in [3.05, 3.63) is 42.5 Å². The van der Waals surface area contributed by atoms with Crippen LogP contribution in [0.3, 0.4) is 0 Å². The van der Waals surface area contributed by atoms with Crippen molar-refractivity contribution in [2.24, 2.45) is 22.4 Å². The number of unbranched alkanes of at least 4 members (excludes halogenated alkanes) is 1. The Hall–Kier alpha value is -3.22. The molecule has 3 rings (SSSR count). The maximum atomic E-state index is 13.4. The first-order valence-corrected chi connectivity index (χ1v) is 13.9. The summed E-state index contributed by atoms with van der Waals surface area (Å²) < 4.78 is 28.5. The van der Waals surface area contributed by atoms with Crippen molar-refractivity contribution in [2.75, 3.05) is 26.2 Å². The van der Waals surface area contributed by atoms with Crippen molar-refractivity contribution in [3.8, 4) is 0 Å². The molecule has 0 aromatic heterocycles. The van der Waals surface area contributed by atoms with E-state index < -0.39 is 34.6 Å². The number of aliphatic hydroxyl groups excluding tert-OH is 1. The standard InChI is InChI=1S/C25H36N6O5S/c1-17-8-11-22(23(33)28-12-4-5-13-29-25(26)27)31(15-17)24(34)21(16-32)30-37(35,36)20-10-9-18-6-2-3-7-19(18)14-20/h2-3,6-7,9-10,14,17,21-22,30,32H,4-5,8,11-13,15-16H2,1H3,(H,28,33)(H4,26,27,29)/t17-,21+,22+/m1/s1. The summed E-state index contributed by atoms with van der Waals surface area (Å²) in [6.45, 7) is 2.36. The van der Waals surface area contributed by atoms with Gasteiger partial charge < -0.3 is 26.8 Å². The highest BCUT2D eigenvalue weighted by Gasteiger charge is 2.38. The fraction of sp³-hybridized carbons (Fsp3) is 0.480. The number of nitrogens with zero attached hydrogens (tertiary/aromatic N) is 2. The van der Waals surface area contributed by atoms with E-state index in [1.54, 1.807) is 18.2 Å². The molecule has 11 nitrogen and oxygen atoms in total. The van der Waals surface area contributed by atoms with Gasteiger partial charge in [-0.15, -0.1) is 0 Å². The van der Waals surface area contributed by atoms with Gasteiger partial charge in [0.05, 0.1) is 11.5 Å². The predicted octanol–water partition coefficient (Wildman–Crippen LogP) is 0.276. The molecule has 0 unspecified atom stereocenters. The molecule has 2 amide bonds. The number of carbonyl (C=O) groups excluding carboxylic acids is 2. The third kappa shape index (κ3) is 7.63. The van der Waals surface area contributed by atoms with Crippen LogP contribution in [0.5, 0.6) is 0 Å². The number of fused-ring (bicyclic) bond motifs is 1.